The van der Waals surface area contributed by atoms with E-state index in [1.807, 2.05) is 0 Å². The number of esters is 1. The number of para-hydroxylation sites is 1. The van der Waals surface area contributed by atoms with Crippen molar-refractivity contribution in [1.29, 1.82) is 0 Å². The van der Waals surface area contributed by atoms with E-state index in [-0.39, 0.29) is 17.9 Å². The molecule has 4 N–H and O–H groups in total. The fourth-order valence-corrected chi connectivity index (χ4v) is 2.34. The summed E-state index contributed by atoms with van der Waals surface area (Å²) in [6, 6.07) is 6.22. The number of aliphatic hydroxyl groups excluding tert-OH is 3. The Kier molecular flexibility index (Phi) is 6.23. The van der Waals surface area contributed by atoms with Gasteiger partial charge in [-0.15, -0.1) is 0 Å². The third kappa shape index (κ3) is 3.89. The first-order valence-electron chi connectivity index (χ1n) is 7.18. The largest absolute Gasteiger partial charge is 0.459 e. The number of ether oxygens (including phenoxy) is 3. The van der Waals surface area contributed by atoms with Crippen molar-refractivity contribution in [2.75, 3.05) is 19.0 Å². The second-order valence-corrected chi connectivity index (χ2v) is 5.16. The van der Waals surface area contributed by atoms with E-state index in [9.17, 15) is 24.9 Å². The van der Waals surface area contributed by atoms with Crippen LogP contribution in [-0.2, 0) is 19.0 Å². The summed E-state index contributed by atoms with van der Waals surface area (Å²) >= 11 is 0. The molecule has 0 bridgehead atoms. The summed E-state index contributed by atoms with van der Waals surface area (Å²) in [5, 5.41) is 31.7. The standard InChI is InChI=1S/C15H19NO8/c1-22-15-13(20)12(19)11(18)10(24-15)6-23-14(21)8-4-2-3-5-9(8)16-7-17/h2-5,7,10-13,15,18-20H,6H2,1H3,(H,16,17)/t10-,11-,12+,13-,15+/m1/s1. The summed E-state index contributed by atoms with van der Waals surface area (Å²) in [7, 11) is 1.27. The van der Waals surface area contributed by atoms with E-state index in [0.29, 0.717) is 6.41 Å². The average molecular weight is 341 g/mol. The third-order valence-corrected chi connectivity index (χ3v) is 3.64. The minimum atomic E-state index is -1.50. The number of nitrogens with one attached hydrogen (secondary N) is 1. The number of hydrogen-bond donors (Lipinski definition) is 4. The monoisotopic (exact) mass is 341 g/mol. The number of anilines is 1. The smallest absolute Gasteiger partial charge is 0.340 e. The van der Waals surface area contributed by atoms with Crippen LogP contribution in [0.4, 0.5) is 5.69 Å². The molecule has 24 heavy (non-hydrogen) atoms. The van der Waals surface area contributed by atoms with Gasteiger partial charge in [-0.2, -0.15) is 0 Å². The van der Waals surface area contributed by atoms with Gasteiger partial charge >= 0.3 is 5.97 Å². The first kappa shape index (κ1) is 18.3. The van der Waals surface area contributed by atoms with Crippen LogP contribution < -0.4 is 5.32 Å². The Bertz CT molecular complexity index is 578. The van der Waals surface area contributed by atoms with Crippen LogP contribution in [-0.4, -0.2) is 72.1 Å². The second kappa shape index (κ2) is 8.18. The fourth-order valence-electron chi connectivity index (χ4n) is 2.34. The van der Waals surface area contributed by atoms with Crippen LogP contribution in [0.15, 0.2) is 24.3 Å². The molecule has 1 heterocycles. The molecule has 1 saturated heterocycles. The van der Waals surface area contributed by atoms with Gasteiger partial charge < -0.3 is 34.8 Å². The molecule has 9 nitrogen and oxygen atoms in total. The summed E-state index contributed by atoms with van der Waals surface area (Å²) in [6.45, 7) is -0.376. The molecule has 0 aromatic heterocycles. The average Bonchev–Trinajstić information content (AvgIpc) is 2.59. The zero-order valence-corrected chi connectivity index (χ0v) is 12.9. The summed E-state index contributed by atoms with van der Waals surface area (Å²) in [4.78, 5) is 22.7. The number of hydrogen-bond acceptors (Lipinski definition) is 8. The van der Waals surface area contributed by atoms with Crippen molar-refractivity contribution in [2.24, 2.45) is 0 Å². The van der Waals surface area contributed by atoms with Gasteiger partial charge in [0, 0.05) is 7.11 Å². The number of benzene rings is 1. The zero-order valence-electron chi connectivity index (χ0n) is 12.9. The van der Waals surface area contributed by atoms with Crippen molar-refractivity contribution in [2.45, 2.75) is 30.7 Å². The quantitative estimate of drug-likeness (QED) is 0.377. The van der Waals surface area contributed by atoms with Crippen LogP contribution in [0.3, 0.4) is 0 Å². The fraction of sp³-hybridized carbons (Fsp3) is 0.467. The van der Waals surface area contributed by atoms with E-state index < -0.39 is 36.7 Å². The lowest BCUT2D eigenvalue weighted by molar-refractivity contribution is -0.294. The highest BCUT2D eigenvalue weighted by Gasteiger charge is 2.44. The number of aliphatic hydroxyl groups is 3. The predicted molar refractivity (Wildman–Crippen MR) is 80.1 cm³/mol. The lowest BCUT2D eigenvalue weighted by Gasteiger charge is -2.39. The number of rotatable bonds is 6. The second-order valence-electron chi connectivity index (χ2n) is 5.16. The minimum absolute atomic E-state index is 0.124. The van der Waals surface area contributed by atoms with Gasteiger partial charge in [-0.25, -0.2) is 4.79 Å². The zero-order chi connectivity index (χ0) is 17.7. The van der Waals surface area contributed by atoms with Gasteiger partial charge in [0.15, 0.2) is 6.29 Å². The predicted octanol–water partition coefficient (Wildman–Crippen LogP) is -1.13. The van der Waals surface area contributed by atoms with Gasteiger partial charge in [0.2, 0.25) is 6.41 Å². The molecule has 0 radical (unpaired) electrons. The van der Waals surface area contributed by atoms with Crippen LogP contribution in [0.2, 0.25) is 0 Å². The molecule has 9 heteroatoms. The highest BCUT2D eigenvalue weighted by molar-refractivity contribution is 5.97. The van der Waals surface area contributed by atoms with Crippen molar-refractivity contribution < 1.29 is 39.1 Å². The van der Waals surface area contributed by atoms with Crippen molar-refractivity contribution in [3.05, 3.63) is 29.8 Å². The van der Waals surface area contributed by atoms with E-state index >= 15 is 0 Å². The highest BCUT2D eigenvalue weighted by Crippen LogP contribution is 2.23. The maximum atomic E-state index is 12.1. The van der Waals surface area contributed by atoms with Crippen molar-refractivity contribution >= 4 is 18.1 Å². The maximum Gasteiger partial charge on any atom is 0.340 e. The van der Waals surface area contributed by atoms with Crippen LogP contribution >= 0.6 is 0 Å². The Hall–Kier alpha value is -2.04. The van der Waals surface area contributed by atoms with Crippen molar-refractivity contribution in [1.82, 2.24) is 0 Å². The molecule has 1 aliphatic rings. The maximum absolute atomic E-state index is 12.1. The molecule has 1 aromatic carbocycles. The Balaban J connectivity index is 2.02. The van der Waals surface area contributed by atoms with E-state index in [1.54, 1.807) is 12.1 Å². The normalized spacial score (nSPS) is 29.8. The molecule has 0 spiro atoms. The lowest BCUT2D eigenvalue weighted by atomic mass is 9.99. The summed E-state index contributed by atoms with van der Waals surface area (Å²) in [5.74, 6) is -0.745. The highest BCUT2D eigenvalue weighted by atomic mass is 16.7. The summed E-state index contributed by atoms with van der Waals surface area (Å²) < 4.78 is 15.2. The Morgan fingerprint density at radius 3 is 2.62 bits per heavy atom. The summed E-state index contributed by atoms with van der Waals surface area (Å²) in [5.41, 5.74) is 0.395. The number of methoxy groups -OCH3 is 1. The van der Waals surface area contributed by atoms with Crippen LogP contribution in [0.25, 0.3) is 0 Å². The Morgan fingerprint density at radius 2 is 1.96 bits per heavy atom. The Morgan fingerprint density at radius 1 is 1.25 bits per heavy atom. The topological polar surface area (TPSA) is 135 Å². The molecule has 0 aliphatic carbocycles. The molecular formula is C15H19NO8. The van der Waals surface area contributed by atoms with E-state index in [1.165, 1.54) is 19.2 Å². The molecule has 132 valence electrons. The molecular weight excluding hydrogens is 322 g/mol. The van der Waals surface area contributed by atoms with E-state index in [0.717, 1.165) is 0 Å². The van der Waals surface area contributed by atoms with E-state index in [2.05, 4.69) is 5.32 Å². The minimum Gasteiger partial charge on any atom is -0.459 e. The van der Waals surface area contributed by atoms with Gasteiger partial charge in [0.05, 0.1) is 11.3 Å². The van der Waals surface area contributed by atoms with E-state index in [4.69, 9.17) is 14.2 Å². The first-order valence-corrected chi connectivity index (χ1v) is 7.18. The van der Waals surface area contributed by atoms with Gasteiger partial charge in [-0.05, 0) is 12.1 Å². The van der Waals surface area contributed by atoms with Gasteiger partial charge in [0.25, 0.3) is 0 Å². The van der Waals surface area contributed by atoms with Crippen molar-refractivity contribution in [3.63, 3.8) is 0 Å². The number of amides is 1. The molecule has 0 saturated carbocycles. The van der Waals surface area contributed by atoms with Crippen LogP contribution in [0.1, 0.15) is 10.4 Å². The molecule has 1 aromatic rings. The first-order chi connectivity index (χ1) is 11.5. The Labute approximate surface area is 137 Å². The SMILES string of the molecule is CO[C@H]1O[C@H](COC(=O)c2ccccc2NC=O)[C@@H](O)[C@H](O)[C@H]1O. The molecule has 1 fully saturated rings. The number of carbonyl (C=O) groups is 2. The molecule has 5 atom stereocenters. The number of carbonyl (C=O) groups excluding carboxylic acids is 2. The molecule has 1 aliphatic heterocycles. The van der Waals surface area contributed by atoms with Gasteiger partial charge in [-0.1, -0.05) is 12.1 Å². The van der Waals surface area contributed by atoms with Crippen LogP contribution in [0.5, 0.6) is 0 Å². The molecule has 2 rings (SSSR count). The molecule has 1 amide bonds. The lowest BCUT2D eigenvalue weighted by Crippen LogP contribution is -2.59. The van der Waals surface area contributed by atoms with Crippen LogP contribution in [0, 0.1) is 0 Å². The molecule has 0 unspecified atom stereocenters. The summed E-state index contributed by atoms with van der Waals surface area (Å²) in [6.07, 6.45) is -6.19. The van der Waals surface area contributed by atoms with Gasteiger partial charge in [-0.3, -0.25) is 4.79 Å². The third-order valence-electron chi connectivity index (χ3n) is 3.64. The van der Waals surface area contributed by atoms with Crippen molar-refractivity contribution in [3.8, 4) is 0 Å². The van der Waals surface area contributed by atoms with Gasteiger partial charge in [0.1, 0.15) is 31.0 Å².